The van der Waals surface area contributed by atoms with Gasteiger partial charge in [0.15, 0.2) is 23.1 Å². The van der Waals surface area contributed by atoms with Gasteiger partial charge in [-0.15, -0.1) is 0 Å². The summed E-state index contributed by atoms with van der Waals surface area (Å²) in [5.74, 6) is -1.54. The molecule has 170 valence electrons. The van der Waals surface area contributed by atoms with Gasteiger partial charge < -0.3 is 16.0 Å². The standard InChI is InChI=1S/C24H19F2N7O/c1-27-24(34)31-16-6-4-15(5-7-16)21-13-30-23-22(29-12-14-3-2-8-28-11-14)32-19-9-17(25)18(26)10-20(19)33(21)23/h2-11,13H,12H2,1H3,(H,29,32)(H2,27,31,34). The van der Waals surface area contributed by atoms with Gasteiger partial charge >= 0.3 is 6.03 Å². The van der Waals surface area contributed by atoms with Crippen LogP contribution in [0.2, 0.25) is 0 Å². The van der Waals surface area contributed by atoms with Crippen LogP contribution in [0.1, 0.15) is 5.56 Å². The zero-order valence-corrected chi connectivity index (χ0v) is 18.0. The minimum atomic E-state index is -0.983. The first-order chi connectivity index (χ1) is 16.5. The smallest absolute Gasteiger partial charge is 0.318 e. The molecule has 3 N–H and O–H groups in total. The van der Waals surface area contributed by atoms with Gasteiger partial charge in [0.05, 0.1) is 22.9 Å². The van der Waals surface area contributed by atoms with Gasteiger partial charge in [0.2, 0.25) is 0 Å². The van der Waals surface area contributed by atoms with E-state index >= 15 is 0 Å². The van der Waals surface area contributed by atoms with Crippen molar-refractivity contribution < 1.29 is 13.6 Å². The highest BCUT2D eigenvalue weighted by Gasteiger charge is 2.17. The number of aromatic nitrogens is 4. The van der Waals surface area contributed by atoms with Crippen molar-refractivity contribution in [2.45, 2.75) is 6.54 Å². The quantitative estimate of drug-likeness (QED) is 0.357. The Labute approximate surface area is 192 Å². The summed E-state index contributed by atoms with van der Waals surface area (Å²) in [6, 6.07) is 12.7. The first kappa shape index (κ1) is 21.3. The number of hydrogen-bond donors (Lipinski definition) is 3. The normalized spacial score (nSPS) is 11.0. The summed E-state index contributed by atoms with van der Waals surface area (Å²) in [4.78, 5) is 24.7. The predicted octanol–water partition coefficient (Wildman–Crippen LogP) is 4.59. The van der Waals surface area contributed by atoms with Crippen LogP contribution >= 0.6 is 0 Å². The molecule has 0 fully saturated rings. The first-order valence-electron chi connectivity index (χ1n) is 10.4. The molecule has 0 spiro atoms. The topological polar surface area (TPSA) is 96.2 Å². The number of rotatable bonds is 5. The van der Waals surface area contributed by atoms with E-state index in [2.05, 4.69) is 30.9 Å². The molecule has 2 aromatic carbocycles. The molecule has 0 saturated carbocycles. The Kier molecular flexibility index (Phi) is 5.46. The monoisotopic (exact) mass is 459 g/mol. The van der Waals surface area contributed by atoms with Crippen molar-refractivity contribution in [3.63, 3.8) is 0 Å². The van der Waals surface area contributed by atoms with Crippen LogP contribution in [0.15, 0.2) is 67.1 Å². The molecule has 0 atom stereocenters. The Hall–Kier alpha value is -4.60. The molecule has 0 unspecified atom stereocenters. The Morgan fingerprint density at radius 1 is 1.06 bits per heavy atom. The highest BCUT2D eigenvalue weighted by Crippen LogP contribution is 2.30. The third-order valence-electron chi connectivity index (χ3n) is 5.31. The van der Waals surface area contributed by atoms with Crippen LogP contribution < -0.4 is 16.0 Å². The minimum Gasteiger partial charge on any atom is -0.363 e. The first-order valence-corrected chi connectivity index (χ1v) is 10.4. The summed E-state index contributed by atoms with van der Waals surface area (Å²) in [5, 5.41) is 8.42. The predicted molar refractivity (Wildman–Crippen MR) is 125 cm³/mol. The van der Waals surface area contributed by atoms with E-state index in [-0.39, 0.29) is 11.5 Å². The molecule has 3 heterocycles. The van der Waals surface area contributed by atoms with Crippen molar-refractivity contribution >= 4 is 34.2 Å². The lowest BCUT2D eigenvalue weighted by molar-refractivity contribution is 0.254. The Morgan fingerprint density at radius 3 is 2.59 bits per heavy atom. The molecule has 2 amide bonds. The van der Waals surface area contributed by atoms with Crippen molar-refractivity contribution in [2.75, 3.05) is 17.7 Å². The lowest BCUT2D eigenvalue weighted by atomic mass is 10.1. The van der Waals surface area contributed by atoms with Gasteiger partial charge in [-0.05, 0) is 23.8 Å². The summed E-state index contributed by atoms with van der Waals surface area (Å²) >= 11 is 0. The number of halogens is 2. The zero-order valence-electron chi connectivity index (χ0n) is 18.0. The number of pyridine rings is 1. The molecule has 0 aliphatic heterocycles. The molecule has 0 radical (unpaired) electrons. The number of nitrogens with one attached hydrogen (secondary N) is 3. The summed E-state index contributed by atoms with van der Waals surface area (Å²) in [5.41, 5.74) is 4.08. The number of fused-ring (bicyclic) bond motifs is 3. The Bertz CT molecular complexity index is 1500. The van der Waals surface area contributed by atoms with E-state index in [4.69, 9.17) is 0 Å². The number of benzene rings is 2. The van der Waals surface area contributed by atoms with Crippen LogP contribution in [0, 0.1) is 11.6 Å². The number of amides is 2. The summed E-state index contributed by atoms with van der Waals surface area (Å²) < 4.78 is 30.0. The molecule has 0 aliphatic rings. The summed E-state index contributed by atoms with van der Waals surface area (Å²) in [6.45, 7) is 0.424. The second-order valence-electron chi connectivity index (χ2n) is 7.51. The largest absolute Gasteiger partial charge is 0.363 e. The molecule has 5 aromatic rings. The second-order valence-corrected chi connectivity index (χ2v) is 7.51. The van der Waals surface area contributed by atoms with Crippen molar-refractivity contribution in [1.82, 2.24) is 24.7 Å². The second kappa shape index (κ2) is 8.74. The third kappa shape index (κ3) is 3.96. The van der Waals surface area contributed by atoms with Gasteiger partial charge in [-0.25, -0.2) is 23.5 Å². The fraction of sp³-hybridized carbons (Fsp3) is 0.0833. The number of urea groups is 1. The van der Waals surface area contributed by atoms with Gasteiger partial charge in [0.1, 0.15) is 0 Å². The maximum Gasteiger partial charge on any atom is 0.318 e. The highest BCUT2D eigenvalue weighted by molar-refractivity contribution is 5.90. The van der Waals surface area contributed by atoms with E-state index in [1.807, 2.05) is 24.3 Å². The Balaban J connectivity index is 1.62. The molecule has 10 heteroatoms. The van der Waals surface area contributed by atoms with E-state index < -0.39 is 11.6 Å². The summed E-state index contributed by atoms with van der Waals surface area (Å²) in [7, 11) is 1.53. The number of carbonyl (C=O) groups is 1. The Morgan fingerprint density at radius 2 is 1.85 bits per heavy atom. The summed E-state index contributed by atoms with van der Waals surface area (Å²) in [6.07, 6.45) is 5.06. The number of nitrogens with zero attached hydrogens (tertiary/aromatic N) is 4. The lowest BCUT2D eigenvalue weighted by Gasteiger charge is -2.12. The SMILES string of the molecule is CNC(=O)Nc1ccc(-c2cnc3c(NCc4cccnc4)nc4cc(F)c(F)cc4n23)cc1. The molecular formula is C24H19F2N7O. The van der Waals surface area contributed by atoms with Crippen LogP contribution in [0.4, 0.5) is 25.1 Å². The van der Waals surface area contributed by atoms with Gasteiger partial charge in [-0.1, -0.05) is 18.2 Å². The fourth-order valence-corrected chi connectivity index (χ4v) is 3.66. The minimum absolute atomic E-state index is 0.275. The highest BCUT2D eigenvalue weighted by atomic mass is 19.2. The van der Waals surface area contributed by atoms with Crippen LogP contribution in [0.5, 0.6) is 0 Å². The maximum absolute atomic E-state index is 14.2. The van der Waals surface area contributed by atoms with Crippen LogP contribution in [0.25, 0.3) is 27.9 Å². The molecule has 0 bridgehead atoms. The van der Waals surface area contributed by atoms with Crippen LogP contribution in [-0.4, -0.2) is 32.4 Å². The van der Waals surface area contributed by atoms with E-state index in [0.717, 1.165) is 23.3 Å². The van der Waals surface area contributed by atoms with Crippen LogP contribution in [0.3, 0.4) is 0 Å². The van der Waals surface area contributed by atoms with E-state index in [1.165, 1.54) is 7.05 Å². The van der Waals surface area contributed by atoms with Gasteiger partial charge in [0.25, 0.3) is 0 Å². The average molecular weight is 459 g/mol. The van der Waals surface area contributed by atoms with Gasteiger partial charge in [0, 0.05) is 49.4 Å². The van der Waals surface area contributed by atoms with Crippen LogP contribution in [-0.2, 0) is 6.54 Å². The van der Waals surface area contributed by atoms with Gasteiger partial charge in [-0.3, -0.25) is 9.38 Å². The van der Waals surface area contributed by atoms with E-state index in [0.29, 0.717) is 34.9 Å². The van der Waals surface area contributed by atoms with Crippen molar-refractivity contribution in [2.24, 2.45) is 0 Å². The van der Waals surface area contributed by atoms with Crippen molar-refractivity contribution in [3.05, 3.63) is 84.3 Å². The van der Waals surface area contributed by atoms with Crippen molar-refractivity contribution in [3.8, 4) is 11.3 Å². The molecule has 3 aromatic heterocycles. The fourth-order valence-electron chi connectivity index (χ4n) is 3.66. The molecule has 34 heavy (non-hydrogen) atoms. The number of carbonyl (C=O) groups excluding carboxylic acids is 1. The number of hydrogen-bond acceptors (Lipinski definition) is 5. The number of anilines is 2. The van der Waals surface area contributed by atoms with Gasteiger partial charge in [-0.2, -0.15) is 0 Å². The molecule has 0 saturated heterocycles. The third-order valence-corrected chi connectivity index (χ3v) is 5.31. The molecular weight excluding hydrogens is 440 g/mol. The molecule has 5 rings (SSSR count). The average Bonchev–Trinajstić information content (AvgIpc) is 3.30. The zero-order chi connectivity index (χ0) is 23.7. The van der Waals surface area contributed by atoms with E-state index in [1.54, 1.807) is 35.1 Å². The molecule has 0 aliphatic carbocycles. The maximum atomic E-state index is 14.2. The van der Waals surface area contributed by atoms with Crippen molar-refractivity contribution in [1.29, 1.82) is 0 Å². The molecule has 8 nitrogen and oxygen atoms in total. The lowest BCUT2D eigenvalue weighted by Crippen LogP contribution is -2.24. The number of imidazole rings is 1. The van der Waals surface area contributed by atoms with E-state index in [9.17, 15) is 13.6 Å².